The molecule has 1 aromatic heterocycles. The van der Waals surface area contributed by atoms with Crippen molar-refractivity contribution in [1.29, 1.82) is 0 Å². The Balaban J connectivity index is 1.96. The predicted octanol–water partition coefficient (Wildman–Crippen LogP) is 1.78. The molecule has 1 aromatic carbocycles. The van der Waals surface area contributed by atoms with Gasteiger partial charge in [-0.1, -0.05) is 18.2 Å². The highest BCUT2D eigenvalue weighted by Gasteiger charge is 2.35. The van der Waals surface area contributed by atoms with E-state index in [9.17, 15) is 0 Å². The molecule has 1 N–H and O–H groups in total. The molecule has 2 aromatic rings. The van der Waals surface area contributed by atoms with E-state index in [0.717, 1.165) is 24.7 Å². The van der Waals surface area contributed by atoms with Crippen LogP contribution in [0.2, 0.25) is 0 Å². The highest BCUT2D eigenvalue weighted by molar-refractivity contribution is 7.71. The number of para-hydroxylation sites is 1. The van der Waals surface area contributed by atoms with Gasteiger partial charge < -0.3 is 14.4 Å². The molecule has 0 amide bonds. The average Bonchev–Trinajstić information content (AvgIpc) is 3.10. The summed E-state index contributed by atoms with van der Waals surface area (Å²) in [5.74, 6) is 0.785. The SMILES string of the molecule is COC1CN(c2n[nH]c(=S)n2-c2ccccc2)CC1OC. The van der Waals surface area contributed by atoms with E-state index in [1.807, 2.05) is 34.9 Å². The number of anilines is 1. The van der Waals surface area contributed by atoms with Crippen LogP contribution >= 0.6 is 12.2 Å². The minimum atomic E-state index is 0.0319. The lowest BCUT2D eigenvalue weighted by atomic mass is 10.3. The number of ether oxygens (including phenoxy) is 2. The highest BCUT2D eigenvalue weighted by atomic mass is 32.1. The summed E-state index contributed by atoms with van der Waals surface area (Å²) in [6.07, 6.45) is 0.0639. The smallest absolute Gasteiger partial charge is 0.230 e. The van der Waals surface area contributed by atoms with Gasteiger partial charge in [0.15, 0.2) is 0 Å². The van der Waals surface area contributed by atoms with Crippen LogP contribution in [0.25, 0.3) is 5.69 Å². The summed E-state index contributed by atoms with van der Waals surface area (Å²) < 4.78 is 13.5. The van der Waals surface area contributed by atoms with Crippen LogP contribution in [0.5, 0.6) is 0 Å². The Kier molecular flexibility index (Phi) is 4.05. The third kappa shape index (κ3) is 2.59. The summed E-state index contributed by atoms with van der Waals surface area (Å²) in [7, 11) is 3.41. The van der Waals surface area contributed by atoms with Crippen molar-refractivity contribution in [2.75, 3.05) is 32.2 Å². The van der Waals surface area contributed by atoms with Crippen LogP contribution in [0.1, 0.15) is 0 Å². The van der Waals surface area contributed by atoms with Crippen LogP contribution in [0, 0.1) is 4.77 Å². The Hall–Kier alpha value is -1.70. The first-order chi connectivity index (χ1) is 10.2. The number of nitrogens with zero attached hydrogens (tertiary/aromatic N) is 3. The monoisotopic (exact) mass is 306 g/mol. The fraction of sp³-hybridized carbons (Fsp3) is 0.429. The average molecular weight is 306 g/mol. The van der Waals surface area contributed by atoms with E-state index >= 15 is 0 Å². The van der Waals surface area contributed by atoms with E-state index < -0.39 is 0 Å². The molecule has 0 spiro atoms. The predicted molar refractivity (Wildman–Crippen MR) is 82.6 cm³/mol. The second-order valence-electron chi connectivity index (χ2n) is 4.95. The molecular formula is C14H18N4O2S. The maximum atomic E-state index is 5.48. The Morgan fingerprint density at radius 1 is 1.14 bits per heavy atom. The van der Waals surface area contributed by atoms with Crippen molar-refractivity contribution in [3.63, 3.8) is 0 Å². The van der Waals surface area contributed by atoms with Gasteiger partial charge >= 0.3 is 0 Å². The molecule has 21 heavy (non-hydrogen) atoms. The van der Waals surface area contributed by atoms with Crippen LogP contribution < -0.4 is 4.90 Å². The summed E-state index contributed by atoms with van der Waals surface area (Å²) in [4.78, 5) is 2.13. The number of aromatic amines is 1. The van der Waals surface area contributed by atoms with Gasteiger partial charge in [-0.2, -0.15) is 0 Å². The molecule has 2 unspecified atom stereocenters. The van der Waals surface area contributed by atoms with Crippen LogP contribution in [0.15, 0.2) is 30.3 Å². The lowest BCUT2D eigenvalue weighted by molar-refractivity contribution is -0.00461. The molecule has 112 valence electrons. The summed E-state index contributed by atoms with van der Waals surface area (Å²) in [5, 5.41) is 7.24. The maximum absolute atomic E-state index is 5.48. The molecule has 1 aliphatic heterocycles. The van der Waals surface area contributed by atoms with Gasteiger partial charge in [0, 0.05) is 27.3 Å². The normalized spacial score (nSPS) is 21.9. The Morgan fingerprint density at radius 2 is 1.76 bits per heavy atom. The number of H-pyrrole nitrogens is 1. The third-order valence-electron chi connectivity index (χ3n) is 3.77. The van der Waals surface area contributed by atoms with E-state index in [0.29, 0.717) is 4.77 Å². The zero-order valence-corrected chi connectivity index (χ0v) is 12.8. The number of aromatic nitrogens is 3. The van der Waals surface area contributed by atoms with Gasteiger partial charge in [-0.05, 0) is 24.4 Å². The van der Waals surface area contributed by atoms with Gasteiger partial charge in [0.1, 0.15) is 12.2 Å². The van der Waals surface area contributed by atoms with E-state index in [-0.39, 0.29) is 12.2 Å². The summed E-state index contributed by atoms with van der Waals surface area (Å²) in [6.45, 7) is 1.45. The fourth-order valence-electron chi connectivity index (χ4n) is 2.67. The Bertz CT molecular complexity index is 642. The van der Waals surface area contributed by atoms with Gasteiger partial charge in [-0.3, -0.25) is 4.57 Å². The number of hydrogen-bond donors (Lipinski definition) is 1. The minimum Gasteiger partial charge on any atom is -0.377 e. The van der Waals surface area contributed by atoms with E-state index in [2.05, 4.69) is 15.1 Å². The van der Waals surface area contributed by atoms with Gasteiger partial charge in [0.2, 0.25) is 10.7 Å². The molecule has 0 radical (unpaired) electrons. The first-order valence-electron chi connectivity index (χ1n) is 6.78. The second-order valence-corrected chi connectivity index (χ2v) is 5.34. The number of benzene rings is 1. The minimum absolute atomic E-state index is 0.0319. The van der Waals surface area contributed by atoms with Crippen LogP contribution in [0.4, 0.5) is 5.95 Å². The third-order valence-corrected chi connectivity index (χ3v) is 4.05. The van der Waals surface area contributed by atoms with E-state index in [1.54, 1.807) is 14.2 Å². The lowest BCUT2D eigenvalue weighted by Crippen LogP contribution is -2.27. The van der Waals surface area contributed by atoms with Gasteiger partial charge in [0.05, 0.1) is 5.69 Å². The lowest BCUT2D eigenvalue weighted by Gasteiger charge is -2.17. The van der Waals surface area contributed by atoms with Gasteiger partial charge in [0.25, 0.3) is 0 Å². The number of hydrogen-bond acceptors (Lipinski definition) is 5. The molecular weight excluding hydrogens is 288 g/mol. The second kappa shape index (κ2) is 5.97. The van der Waals surface area contributed by atoms with Crippen molar-refractivity contribution in [3.8, 4) is 5.69 Å². The maximum Gasteiger partial charge on any atom is 0.230 e. The molecule has 7 heteroatoms. The van der Waals surface area contributed by atoms with Crippen molar-refractivity contribution in [2.45, 2.75) is 12.2 Å². The summed E-state index contributed by atoms with van der Waals surface area (Å²) in [5.41, 5.74) is 0.987. The number of methoxy groups -OCH3 is 2. The van der Waals surface area contributed by atoms with Crippen molar-refractivity contribution < 1.29 is 9.47 Å². The van der Waals surface area contributed by atoms with Gasteiger partial charge in [-0.15, -0.1) is 5.10 Å². The molecule has 1 aliphatic rings. The first kappa shape index (κ1) is 14.2. The largest absolute Gasteiger partial charge is 0.377 e. The number of rotatable bonds is 4. The Labute approximate surface area is 128 Å². The van der Waals surface area contributed by atoms with Crippen LogP contribution in [-0.2, 0) is 9.47 Å². The first-order valence-corrected chi connectivity index (χ1v) is 7.18. The summed E-state index contributed by atoms with van der Waals surface area (Å²) >= 11 is 5.36. The molecule has 1 fully saturated rings. The van der Waals surface area contributed by atoms with Crippen LogP contribution in [-0.4, -0.2) is 54.3 Å². The van der Waals surface area contributed by atoms with E-state index in [4.69, 9.17) is 21.7 Å². The molecule has 0 aliphatic carbocycles. The van der Waals surface area contributed by atoms with Crippen LogP contribution in [0.3, 0.4) is 0 Å². The topological polar surface area (TPSA) is 55.3 Å². The molecule has 6 nitrogen and oxygen atoms in total. The van der Waals surface area contributed by atoms with E-state index in [1.165, 1.54) is 0 Å². The molecule has 3 rings (SSSR count). The fourth-order valence-corrected chi connectivity index (χ4v) is 2.90. The quantitative estimate of drug-likeness (QED) is 0.873. The standard InChI is InChI=1S/C14H18N4O2S/c1-19-11-8-17(9-12(11)20-2)13-15-16-14(21)18(13)10-6-4-3-5-7-10/h3-7,11-12H,8-9H2,1-2H3,(H,16,21). The molecule has 2 atom stereocenters. The number of nitrogens with one attached hydrogen (secondary N) is 1. The summed E-state index contributed by atoms with van der Waals surface area (Å²) in [6, 6.07) is 9.95. The van der Waals surface area contributed by atoms with Crippen molar-refractivity contribution in [3.05, 3.63) is 35.1 Å². The zero-order valence-electron chi connectivity index (χ0n) is 12.0. The molecule has 1 saturated heterocycles. The highest BCUT2D eigenvalue weighted by Crippen LogP contribution is 2.24. The van der Waals surface area contributed by atoms with Crippen molar-refractivity contribution in [2.24, 2.45) is 0 Å². The zero-order chi connectivity index (χ0) is 14.8. The van der Waals surface area contributed by atoms with Crippen molar-refractivity contribution in [1.82, 2.24) is 14.8 Å². The Morgan fingerprint density at radius 3 is 2.33 bits per heavy atom. The molecule has 0 saturated carbocycles. The molecule has 2 heterocycles. The van der Waals surface area contributed by atoms with Crippen molar-refractivity contribution >= 4 is 18.2 Å². The van der Waals surface area contributed by atoms with Gasteiger partial charge in [-0.25, -0.2) is 5.10 Å². The molecule has 0 bridgehead atoms.